The lowest BCUT2D eigenvalue weighted by Gasteiger charge is -2.56. The predicted octanol–water partition coefficient (Wildman–Crippen LogP) is 5.35. The van der Waals surface area contributed by atoms with Crippen LogP contribution in [0.2, 0.25) is 0 Å². The van der Waals surface area contributed by atoms with Gasteiger partial charge in [-0.15, -0.1) is 0 Å². The van der Waals surface area contributed by atoms with Crippen molar-refractivity contribution in [2.75, 3.05) is 14.1 Å². The summed E-state index contributed by atoms with van der Waals surface area (Å²) in [4.78, 5) is 15.0. The van der Waals surface area contributed by atoms with Crippen LogP contribution in [0.3, 0.4) is 0 Å². The zero-order valence-corrected chi connectivity index (χ0v) is 22.9. The summed E-state index contributed by atoms with van der Waals surface area (Å²) in [6.07, 6.45) is 13.6. The van der Waals surface area contributed by atoms with Gasteiger partial charge in [-0.05, 0) is 104 Å². The zero-order chi connectivity index (χ0) is 26.6. The lowest BCUT2D eigenvalue weighted by atomic mass is 9.49. The van der Waals surface area contributed by atoms with Crippen LogP contribution in [-0.2, 0) is 0 Å². The molecular formula is C32H42N2O3. The molecule has 1 fully saturated rings. The Morgan fingerprint density at radius 3 is 2.59 bits per heavy atom. The fourth-order valence-corrected chi connectivity index (χ4v) is 7.69. The molecule has 4 unspecified atom stereocenters. The molecule has 5 heteroatoms. The standard InChI is InChI=1S/C30H35NO3.C2H7N/c1-28(2)17-22-15-21-16-23(32)6-4-18(21)10-12-30(22,34)26-9-8-25(29(26,28)3)20-5-7-24-19(14-20)11-13-31-27(24)33;1-3-2/h5,7-8,11,13-15,17-18,23,26,32,34H,4,6,9-10,12,16H2,1-3H3,(H,31,33);3H,1-2H3/t18?,23?,26?,29?,30-;/m1./s1. The Balaban J connectivity index is 0.000000892. The minimum Gasteiger partial charge on any atom is -0.393 e. The summed E-state index contributed by atoms with van der Waals surface area (Å²) >= 11 is 0. The van der Waals surface area contributed by atoms with Crippen molar-refractivity contribution in [2.45, 2.75) is 71.0 Å². The normalized spacial score (nSPS) is 34.0. The quantitative estimate of drug-likeness (QED) is 0.423. The number of hydrogen-bond donors (Lipinski definition) is 4. The minimum atomic E-state index is -0.869. The van der Waals surface area contributed by atoms with Crippen LogP contribution in [0.1, 0.15) is 64.9 Å². The number of aromatic amines is 1. The summed E-state index contributed by atoms with van der Waals surface area (Å²) in [6.45, 7) is 6.93. The molecule has 198 valence electrons. The van der Waals surface area contributed by atoms with Gasteiger partial charge in [0, 0.05) is 22.9 Å². The van der Waals surface area contributed by atoms with Crippen molar-refractivity contribution in [3.05, 3.63) is 75.8 Å². The van der Waals surface area contributed by atoms with Crippen LogP contribution >= 0.6 is 0 Å². The minimum absolute atomic E-state index is 0.0634. The van der Waals surface area contributed by atoms with E-state index >= 15 is 0 Å². The summed E-state index contributed by atoms with van der Waals surface area (Å²) in [6, 6.07) is 8.09. The molecule has 1 aromatic carbocycles. The Hall–Kier alpha value is -2.47. The average Bonchev–Trinajstić information content (AvgIpc) is 3.16. The number of pyridine rings is 1. The lowest BCUT2D eigenvalue weighted by molar-refractivity contribution is -0.0651. The Bertz CT molecular complexity index is 1350. The van der Waals surface area contributed by atoms with Crippen molar-refractivity contribution in [3.8, 4) is 0 Å². The fourth-order valence-electron chi connectivity index (χ4n) is 7.69. The van der Waals surface area contributed by atoms with Crippen LogP contribution in [0.15, 0.2) is 64.6 Å². The van der Waals surface area contributed by atoms with E-state index in [4.69, 9.17) is 0 Å². The third kappa shape index (κ3) is 4.07. The highest BCUT2D eigenvalue weighted by Gasteiger charge is 2.62. The molecule has 0 radical (unpaired) electrons. The first-order valence-corrected chi connectivity index (χ1v) is 13.8. The number of aromatic nitrogens is 1. The highest BCUT2D eigenvalue weighted by molar-refractivity contribution is 5.87. The highest BCUT2D eigenvalue weighted by Crippen LogP contribution is 2.67. The van der Waals surface area contributed by atoms with Gasteiger partial charge in [0.1, 0.15) is 0 Å². The first-order valence-electron chi connectivity index (χ1n) is 13.8. The number of allylic oxidation sites excluding steroid dienone is 3. The van der Waals surface area contributed by atoms with Crippen molar-refractivity contribution in [1.82, 2.24) is 10.3 Å². The largest absolute Gasteiger partial charge is 0.393 e. The SMILES string of the molecule is CC1(C)C=C2C=C3CC(O)CCC3CC[C@]2(O)C2CC=C(c3ccc4c(=O)[nH]ccc4c3)C21C.CNC. The molecule has 1 aromatic heterocycles. The average molecular weight is 503 g/mol. The van der Waals surface area contributed by atoms with Gasteiger partial charge in [0.2, 0.25) is 0 Å². The van der Waals surface area contributed by atoms with Gasteiger partial charge in [-0.25, -0.2) is 0 Å². The maximum atomic E-state index is 12.4. The van der Waals surface area contributed by atoms with E-state index in [0.717, 1.165) is 55.0 Å². The second-order valence-electron chi connectivity index (χ2n) is 12.4. The van der Waals surface area contributed by atoms with Crippen LogP contribution in [0, 0.1) is 22.7 Å². The van der Waals surface area contributed by atoms with E-state index in [1.54, 1.807) is 6.20 Å². The number of benzene rings is 1. The van der Waals surface area contributed by atoms with E-state index in [-0.39, 0.29) is 28.4 Å². The van der Waals surface area contributed by atoms with Crippen LogP contribution in [0.4, 0.5) is 0 Å². The molecule has 0 bridgehead atoms. The van der Waals surface area contributed by atoms with E-state index in [1.807, 2.05) is 26.2 Å². The molecular weight excluding hydrogens is 460 g/mol. The Kier molecular flexibility index (Phi) is 6.62. The zero-order valence-electron chi connectivity index (χ0n) is 22.9. The van der Waals surface area contributed by atoms with E-state index in [1.165, 1.54) is 11.1 Å². The molecule has 4 N–H and O–H groups in total. The fraction of sp³-hybridized carbons (Fsp3) is 0.531. The number of aliphatic hydroxyl groups excluding tert-OH is 1. The second-order valence-corrected chi connectivity index (χ2v) is 12.4. The monoisotopic (exact) mass is 502 g/mol. The van der Waals surface area contributed by atoms with Gasteiger partial charge >= 0.3 is 0 Å². The van der Waals surface area contributed by atoms with Crippen molar-refractivity contribution in [2.24, 2.45) is 22.7 Å². The maximum absolute atomic E-state index is 12.4. The highest BCUT2D eigenvalue weighted by atomic mass is 16.3. The predicted molar refractivity (Wildman–Crippen MR) is 151 cm³/mol. The first-order chi connectivity index (χ1) is 17.5. The van der Waals surface area contributed by atoms with Crippen LogP contribution in [-0.4, -0.2) is 41.0 Å². The van der Waals surface area contributed by atoms with Crippen molar-refractivity contribution in [3.63, 3.8) is 0 Å². The Labute approximate surface area is 220 Å². The Morgan fingerprint density at radius 2 is 1.84 bits per heavy atom. The molecule has 0 spiro atoms. The summed E-state index contributed by atoms with van der Waals surface area (Å²) < 4.78 is 0. The van der Waals surface area contributed by atoms with Crippen molar-refractivity contribution < 1.29 is 10.2 Å². The number of fused-ring (bicyclic) bond motifs is 5. The maximum Gasteiger partial charge on any atom is 0.255 e. The number of H-pyrrole nitrogens is 1. The third-order valence-corrected chi connectivity index (χ3v) is 9.89. The number of rotatable bonds is 1. The van der Waals surface area contributed by atoms with E-state index in [9.17, 15) is 15.0 Å². The summed E-state index contributed by atoms with van der Waals surface area (Å²) in [5.41, 5.74) is 3.46. The smallest absolute Gasteiger partial charge is 0.255 e. The molecule has 4 aliphatic rings. The van der Waals surface area contributed by atoms with Crippen LogP contribution < -0.4 is 10.9 Å². The third-order valence-electron chi connectivity index (χ3n) is 9.89. The molecule has 1 heterocycles. The molecule has 1 saturated carbocycles. The summed E-state index contributed by atoms with van der Waals surface area (Å²) in [7, 11) is 3.75. The molecule has 5 nitrogen and oxygen atoms in total. The van der Waals surface area contributed by atoms with E-state index < -0.39 is 5.60 Å². The topological polar surface area (TPSA) is 85.3 Å². The number of aliphatic hydroxyl groups is 2. The van der Waals surface area contributed by atoms with Crippen molar-refractivity contribution in [1.29, 1.82) is 0 Å². The molecule has 0 aliphatic heterocycles. The summed E-state index contributed by atoms with van der Waals surface area (Å²) in [5, 5.41) is 27.1. The molecule has 5 atom stereocenters. The Morgan fingerprint density at radius 1 is 1.08 bits per heavy atom. The second kappa shape index (κ2) is 9.37. The van der Waals surface area contributed by atoms with Gasteiger partial charge in [0.05, 0.1) is 11.7 Å². The molecule has 6 rings (SSSR count). The molecule has 4 aliphatic carbocycles. The molecule has 0 saturated heterocycles. The van der Waals surface area contributed by atoms with Gasteiger partial charge < -0.3 is 20.5 Å². The van der Waals surface area contributed by atoms with Gasteiger partial charge in [0.25, 0.3) is 5.56 Å². The van der Waals surface area contributed by atoms with Gasteiger partial charge in [-0.3, -0.25) is 4.79 Å². The van der Waals surface area contributed by atoms with Crippen LogP contribution in [0.25, 0.3) is 16.3 Å². The molecule has 37 heavy (non-hydrogen) atoms. The van der Waals surface area contributed by atoms with Crippen molar-refractivity contribution >= 4 is 16.3 Å². The first kappa shape index (κ1) is 26.1. The lowest BCUT2D eigenvalue weighted by Crippen LogP contribution is -2.55. The number of hydrogen-bond acceptors (Lipinski definition) is 4. The van der Waals surface area contributed by atoms with E-state index in [0.29, 0.717) is 11.3 Å². The molecule has 2 aromatic rings. The van der Waals surface area contributed by atoms with Crippen LogP contribution in [0.5, 0.6) is 0 Å². The number of nitrogens with one attached hydrogen (secondary N) is 2. The van der Waals surface area contributed by atoms with Gasteiger partial charge in [0.15, 0.2) is 0 Å². The summed E-state index contributed by atoms with van der Waals surface area (Å²) in [5.74, 6) is 0.558. The van der Waals surface area contributed by atoms with Gasteiger partial charge in [-0.2, -0.15) is 0 Å². The van der Waals surface area contributed by atoms with Gasteiger partial charge in [-0.1, -0.05) is 50.6 Å². The molecule has 0 amide bonds. The van der Waals surface area contributed by atoms with E-state index in [2.05, 4.69) is 61.4 Å².